The lowest BCUT2D eigenvalue weighted by atomic mass is 10.0. The zero-order valence-electron chi connectivity index (χ0n) is 12.7. The van der Waals surface area contributed by atoms with Gasteiger partial charge >= 0.3 is 0 Å². The molecule has 21 heavy (non-hydrogen) atoms. The maximum absolute atomic E-state index is 12.3. The summed E-state index contributed by atoms with van der Waals surface area (Å²) in [6, 6.07) is 3.42. The second-order valence-corrected chi connectivity index (χ2v) is 5.67. The molecule has 1 aliphatic rings. The number of rotatable bonds is 6. The number of carbonyl (C=O) groups excluding carboxylic acids is 1. The van der Waals surface area contributed by atoms with Gasteiger partial charge in [-0.3, -0.25) is 4.79 Å². The number of amides is 1. The van der Waals surface area contributed by atoms with Crippen molar-refractivity contribution in [1.29, 1.82) is 0 Å². The quantitative estimate of drug-likeness (QED) is 0.842. The highest BCUT2D eigenvalue weighted by Crippen LogP contribution is 2.25. The summed E-state index contributed by atoms with van der Waals surface area (Å²) in [5, 5.41) is 12.3. The normalized spacial score (nSPS) is 22.8. The minimum absolute atomic E-state index is 0.0644. The molecule has 3 atom stereocenters. The van der Waals surface area contributed by atoms with Crippen LogP contribution in [0.15, 0.2) is 18.3 Å². The van der Waals surface area contributed by atoms with Gasteiger partial charge in [-0.15, -0.1) is 0 Å². The number of nitrogens with zero attached hydrogens (tertiary/aromatic N) is 1. The minimum atomic E-state index is -0.128. The maximum Gasteiger partial charge on any atom is 0.251 e. The third-order valence-electron chi connectivity index (χ3n) is 4.10. The lowest BCUT2D eigenvalue weighted by molar-refractivity contribution is 0.0915. The lowest BCUT2D eigenvalue weighted by Gasteiger charge is -2.19. The molecule has 116 valence electrons. The van der Waals surface area contributed by atoms with E-state index < -0.39 is 0 Å². The highest BCUT2D eigenvalue weighted by molar-refractivity contribution is 5.94. The van der Waals surface area contributed by atoms with Gasteiger partial charge < -0.3 is 15.2 Å². The van der Waals surface area contributed by atoms with Crippen molar-refractivity contribution in [3.63, 3.8) is 0 Å². The summed E-state index contributed by atoms with van der Waals surface area (Å²) in [5.41, 5.74) is 0.548. The summed E-state index contributed by atoms with van der Waals surface area (Å²) in [4.78, 5) is 16.4. The van der Waals surface area contributed by atoms with Crippen LogP contribution in [0, 0.1) is 5.92 Å². The van der Waals surface area contributed by atoms with Gasteiger partial charge in [0.15, 0.2) is 0 Å². The Balaban J connectivity index is 2.00. The number of aliphatic hydroxyl groups is 1. The predicted octanol–water partition coefficient (Wildman–Crippen LogP) is 2.15. The smallest absolute Gasteiger partial charge is 0.251 e. The molecule has 1 heterocycles. The molecular weight excluding hydrogens is 268 g/mol. The number of hydrogen-bond donors (Lipinski definition) is 2. The van der Waals surface area contributed by atoms with Gasteiger partial charge in [0, 0.05) is 36.4 Å². The average molecular weight is 292 g/mol. The Hall–Kier alpha value is -1.62. The van der Waals surface area contributed by atoms with Gasteiger partial charge in [0.2, 0.25) is 5.88 Å². The summed E-state index contributed by atoms with van der Waals surface area (Å²) in [6.45, 7) is 4.14. The van der Waals surface area contributed by atoms with Crippen molar-refractivity contribution in [1.82, 2.24) is 10.3 Å². The first-order valence-corrected chi connectivity index (χ1v) is 7.68. The fraction of sp³-hybridized carbons (Fsp3) is 0.625. The second-order valence-electron chi connectivity index (χ2n) is 5.67. The van der Waals surface area contributed by atoms with Crippen molar-refractivity contribution < 1.29 is 14.6 Å². The first kappa shape index (κ1) is 15.8. The van der Waals surface area contributed by atoms with E-state index in [2.05, 4.69) is 10.3 Å². The van der Waals surface area contributed by atoms with Gasteiger partial charge in [-0.1, -0.05) is 13.3 Å². The van der Waals surface area contributed by atoms with Crippen LogP contribution < -0.4 is 10.1 Å². The van der Waals surface area contributed by atoms with E-state index in [0.717, 1.165) is 25.7 Å². The molecule has 0 aromatic carbocycles. The van der Waals surface area contributed by atoms with Gasteiger partial charge in [0.1, 0.15) is 0 Å². The third-order valence-corrected chi connectivity index (χ3v) is 4.10. The maximum atomic E-state index is 12.3. The zero-order valence-corrected chi connectivity index (χ0v) is 12.7. The molecule has 1 aliphatic carbocycles. The summed E-state index contributed by atoms with van der Waals surface area (Å²) in [7, 11) is 0. The van der Waals surface area contributed by atoms with Crippen LogP contribution in [0.1, 0.15) is 49.9 Å². The van der Waals surface area contributed by atoms with E-state index in [1.54, 1.807) is 18.3 Å². The predicted molar refractivity (Wildman–Crippen MR) is 80.3 cm³/mol. The molecule has 2 N–H and O–H groups in total. The summed E-state index contributed by atoms with van der Waals surface area (Å²) >= 11 is 0. The monoisotopic (exact) mass is 292 g/mol. The fourth-order valence-electron chi connectivity index (χ4n) is 2.60. The number of carbonyl (C=O) groups is 1. The Bertz CT molecular complexity index is 478. The van der Waals surface area contributed by atoms with Crippen LogP contribution in [-0.4, -0.2) is 34.8 Å². The number of aromatic nitrogens is 1. The van der Waals surface area contributed by atoms with Crippen LogP contribution in [0.2, 0.25) is 0 Å². The lowest BCUT2D eigenvalue weighted by Crippen LogP contribution is -2.38. The Morgan fingerprint density at radius 2 is 2.38 bits per heavy atom. The molecule has 0 unspecified atom stereocenters. The molecule has 2 rings (SSSR count). The van der Waals surface area contributed by atoms with Crippen LogP contribution in [0.25, 0.3) is 0 Å². The largest absolute Gasteiger partial charge is 0.475 e. The summed E-state index contributed by atoms with van der Waals surface area (Å²) in [5.74, 6) is 0.519. The Morgan fingerprint density at radius 3 is 3.10 bits per heavy atom. The van der Waals surface area contributed by atoms with E-state index in [9.17, 15) is 9.90 Å². The van der Waals surface area contributed by atoms with Crippen molar-refractivity contribution in [2.75, 3.05) is 6.61 Å². The Kier molecular flexibility index (Phi) is 5.56. The molecule has 0 bridgehead atoms. The molecule has 0 aliphatic heterocycles. The van der Waals surface area contributed by atoms with Crippen molar-refractivity contribution in [2.45, 2.75) is 51.7 Å². The Labute approximate surface area is 125 Å². The van der Waals surface area contributed by atoms with Crippen LogP contribution in [-0.2, 0) is 0 Å². The number of ether oxygens (including phenoxy) is 1. The van der Waals surface area contributed by atoms with Gasteiger partial charge in [-0.2, -0.15) is 0 Å². The highest BCUT2D eigenvalue weighted by Gasteiger charge is 2.28. The van der Waals surface area contributed by atoms with Crippen molar-refractivity contribution in [3.8, 4) is 5.88 Å². The van der Waals surface area contributed by atoms with Crippen LogP contribution in [0.4, 0.5) is 0 Å². The van der Waals surface area contributed by atoms with Crippen LogP contribution in [0.3, 0.4) is 0 Å². The molecule has 1 fully saturated rings. The van der Waals surface area contributed by atoms with Gasteiger partial charge in [0.05, 0.1) is 6.10 Å². The molecule has 5 nitrogen and oxygen atoms in total. The van der Waals surface area contributed by atoms with Crippen molar-refractivity contribution >= 4 is 5.91 Å². The summed E-state index contributed by atoms with van der Waals surface area (Å²) in [6.07, 6.45) is 5.50. The average Bonchev–Trinajstić information content (AvgIpc) is 2.94. The molecule has 1 amide bonds. The number of nitrogens with one attached hydrogen (secondary N) is 1. The minimum Gasteiger partial charge on any atom is -0.475 e. The van der Waals surface area contributed by atoms with Gasteiger partial charge in [-0.05, 0) is 32.3 Å². The highest BCUT2D eigenvalue weighted by atomic mass is 16.5. The number of pyridine rings is 1. The molecule has 0 radical (unpaired) electrons. The van der Waals surface area contributed by atoms with Gasteiger partial charge in [-0.25, -0.2) is 4.98 Å². The Morgan fingerprint density at radius 1 is 1.57 bits per heavy atom. The zero-order chi connectivity index (χ0) is 15.2. The van der Waals surface area contributed by atoms with E-state index in [1.807, 2.05) is 13.8 Å². The van der Waals surface area contributed by atoms with E-state index >= 15 is 0 Å². The molecule has 0 spiro atoms. The summed E-state index contributed by atoms with van der Waals surface area (Å²) < 4.78 is 5.64. The fourth-order valence-corrected chi connectivity index (χ4v) is 2.60. The second kappa shape index (κ2) is 7.41. The first-order valence-electron chi connectivity index (χ1n) is 7.68. The third kappa shape index (κ3) is 4.17. The van der Waals surface area contributed by atoms with Crippen molar-refractivity contribution in [3.05, 3.63) is 23.9 Å². The molecular formula is C16H24N2O3. The number of hydrogen-bond acceptors (Lipinski definition) is 4. The number of aliphatic hydroxyl groups excluding tert-OH is 1. The van der Waals surface area contributed by atoms with Crippen LogP contribution >= 0.6 is 0 Å². The van der Waals surface area contributed by atoms with Crippen molar-refractivity contribution in [2.24, 2.45) is 5.92 Å². The van der Waals surface area contributed by atoms with Gasteiger partial charge in [0.25, 0.3) is 5.91 Å². The molecule has 1 aromatic rings. The molecule has 1 saturated carbocycles. The molecule has 0 saturated heterocycles. The topological polar surface area (TPSA) is 71.5 Å². The molecule has 5 heteroatoms. The van der Waals surface area contributed by atoms with E-state index in [-0.39, 0.29) is 30.6 Å². The molecule has 1 aromatic heterocycles. The van der Waals surface area contributed by atoms with E-state index in [0.29, 0.717) is 11.4 Å². The first-order chi connectivity index (χ1) is 10.1. The van der Waals surface area contributed by atoms with E-state index in [4.69, 9.17) is 4.74 Å². The standard InChI is InChI=1S/C16H24N2O3/c1-3-11(2)21-15-9-12(7-8-17-15)16(20)18-14-6-4-5-13(14)10-19/h7-9,11,13-14,19H,3-6,10H2,1-2H3,(H,18,20)/t11-,13-,14-/m0/s1. The van der Waals surface area contributed by atoms with Crippen LogP contribution in [0.5, 0.6) is 5.88 Å². The van der Waals surface area contributed by atoms with E-state index in [1.165, 1.54) is 0 Å². The SMILES string of the molecule is CC[C@H](C)Oc1cc(C(=O)N[C@H]2CCC[C@H]2CO)ccn1.